The molecule has 112 valence electrons. The molecule has 1 N–H and O–H groups in total. The summed E-state index contributed by atoms with van der Waals surface area (Å²) in [5.74, 6) is 1.59. The van der Waals surface area contributed by atoms with E-state index in [1.54, 1.807) is 7.11 Å². The number of para-hydroxylation sites is 1. The fourth-order valence-corrected chi connectivity index (χ4v) is 2.37. The van der Waals surface area contributed by atoms with Gasteiger partial charge >= 0.3 is 0 Å². The third-order valence-corrected chi connectivity index (χ3v) is 3.42. The van der Waals surface area contributed by atoms with E-state index in [0.717, 1.165) is 22.7 Å². The van der Waals surface area contributed by atoms with Crippen molar-refractivity contribution in [1.82, 2.24) is 0 Å². The van der Waals surface area contributed by atoms with E-state index in [-0.39, 0.29) is 0 Å². The van der Waals surface area contributed by atoms with Crippen molar-refractivity contribution >= 4 is 5.69 Å². The predicted octanol–water partition coefficient (Wildman–Crippen LogP) is 4.32. The number of methoxy groups -OCH3 is 1. The van der Waals surface area contributed by atoms with Gasteiger partial charge in [0.25, 0.3) is 0 Å². The summed E-state index contributed by atoms with van der Waals surface area (Å²) in [6, 6.07) is 12.4. The molecule has 0 fully saturated rings. The third-order valence-electron chi connectivity index (χ3n) is 3.42. The van der Waals surface area contributed by atoms with E-state index >= 15 is 0 Å². The fraction of sp³-hybridized carbons (Fsp3) is 0.333. The maximum atomic E-state index is 5.73. The second-order valence-electron chi connectivity index (χ2n) is 5.05. The van der Waals surface area contributed by atoms with Crippen LogP contribution in [0.3, 0.4) is 0 Å². The highest BCUT2D eigenvalue weighted by atomic mass is 16.5. The number of benzene rings is 2. The molecule has 0 bridgehead atoms. The zero-order valence-corrected chi connectivity index (χ0v) is 13.2. The lowest BCUT2D eigenvalue weighted by Crippen LogP contribution is -2.05. The highest BCUT2D eigenvalue weighted by molar-refractivity contribution is 5.54. The Morgan fingerprint density at radius 2 is 1.90 bits per heavy atom. The number of hydrogen-bond donors (Lipinski definition) is 1. The summed E-state index contributed by atoms with van der Waals surface area (Å²) < 4.78 is 11.1. The van der Waals surface area contributed by atoms with Crippen LogP contribution in [-0.4, -0.2) is 13.7 Å². The van der Waals surface area contributed by atoms with Crippen molar-refractivity contribution in [2.75, 3.05) is 19.0 Å². The average Bonchev–Trinajstić information content (AvgIpc) is 2.47. The minimum absolute atomic E-state index is 0.622. The highest BCUT2D eigenvalue weighted by Crippen LogP contribution is 2.31. The van der Waals surface area contributed by atoms with E-state index in [1.165, 1.54) is 11.1 Å². The molecule has 0 heterocycles. The van der Waals surface area contributed by atoms with Crippen LogP contribution in [0, 0.1) is 13.8 Å². The van der Waals surface area contributed by atoms with Crippen LogP contribution in [0.1, 0.15) is 23.6 Å². The zero-order valence-electron chi connectivity index (χ0n) is 13.2. The van der Waals surface area contributed by atoms with Gasteiger partial charge in [-0.3, -0.25) is 0 Å². The van der Waals surface area contributed by atoms with Crippen LogP contribution in [-0.2, 0) is 6.54 Å². The Morgan fingerprint density at radius 1 is 1.10 bits per heavy atom. The Balaban J connectivity index is 2.19. The van der Waals surface area contributed by atoms with Crippen molar-refractivity contribution in [3.63, 3.8) is 0 Å². The monoisotopic (exact) mass is 285 g/mol. The number of ether oxygens (including phenoxy) is 2. The van der Waals surface area contributed by atoms with Crippen LogP contribution in [0.25, 0.3) is 0 Å². The number of nitrogens with one attached hydrogen (secondary N) is 1. The van der Waals surface area contributed by atoms with Crippen molar-refractivity contribution in [2.24, 2.45) is 0 Å². The van der Waals surface area contributed by atoms with Gasteiger partial charge in [0.15, 0.2) is 11.5 Å². The van der Waals surface area contributed by atoms with E-state index in [0.29, 0.717) is 13.2 Å². The third kappa shape index (κ3) is 3.69. The Morgan fingerprint density at radius 3 is 2.57 bits per heavy atom. The molecule has 0 radical (unpaired) electrons. The SMILES string of the molecule is CCOc1c(CNc2ccc(C)cc2C)cccc1OC. The Bertz CT molecular complexity index is 608. The lowest BCUT2D eigenvalue weighted by atomic mass is 10.1. The molecule has 0 saturated heterocycles. The maximum Gasteiger partial charge on any atom is 0.166 e. The first-order valence-electron chi connectivity index (χ1n) is 7.25. The van der Waals surface area contributed by atoms with Crippen molar-refractivity contribution < 1.29 is 9.47 Å². The molecule has 2 rings (SSSR count). The van der Waals surface area contributed by atoms with E-state index < -0.39 is 0 Å². The smallest absolute Gasteiger partial charge is 0.166 e. The van der Waals surface area contributed by atoms with Gasteiger partial charge in [0.2, 0.25) is 0 Å². The minimum Gasteiger partial charge on any atom is -0.493 e. The van der Waals surface area contributed by atoms with E-state index in [4.69, 9.17) is 9.47 Å². The van der Waals surface area contributed by atoms with Crippen LogP contribution in [0.2, 0.25) is 0 Å². The maximum absolute atomic E-state index is 5.73. The van der Waals surface area contributed by atoms with Crippen LogP contribution in [0.15, 0.2) is 36.4 Å². The van der Waals surface area contributed by atoms with Gasteiger partial charge < -0.3 is 14.8 Å². The van der Waals surface area contributed by atoms with Gasteiger partial charge in [-0.1, -0.05) is 29.8 Å². The predicted molar refractivity (Wildman–Crippen MR) is 87.4 cm³/mol. The Labute approximate surface area is 126 Å². The lowest BCUT2D eigenvalue weighted by molar-refractivity contribution is 0.308. The molecule has 0 aliphatic carbocycles. The highest BCUT2D eigenvalue weighted by Gasteiger charge is 2.10. The van der Waals surface area contributed by atoms with Crippen LogP contribution in [0.5, 0.6) is 11.5 Å². The van der Waals surface area contributed by atoms with Gasteiger partial charge in [0.05, 0.1) is 13.7 Å². The standard InChI is InChI=1S/C18H23NO2/c1-5-21-18-15(7-6-8-17(18)20-4)12-19-16-10-9-13(2)11-14(16)3/h6-11,19H,5,12H2,1-4H3. The molecule has 0 aromatic heterocycles. The summed E-state index contributed by atoms with van der Waals surface area (Å²) in [5.41, 5.74) is 4.76. The lowest BCUT2D eigenvalue weighted by Gasteiger charge is -2.16. The molecule has 0 unspecified atom stereocenters. The Hall–Kier alpha value is -2.16. The first-order chi connectivity index (χ1) is 10.2. The van der Waals surface area contributed by atoms with Crippen molar-refractivity contribution in [3.05, 3.63) is 53.1 Å². The molecule has 0 saturated carbocycles. The summed E-state index contributed by atoms with van der Waals surface area (Å²) >= 11 is 0. The summed E-state index contributed by atoms with van der Waals surface area (Å²) in [4.78, 5) is 0. The first kappa shape index (κ1) is 15.2. The first-order valence-corrected chi connectivity index (χ1v) is 7.25. The summed E-state index contributed by atoms with van der Waals surface area (Å²) in [6.07, 6.45) is 0. The molecular formula is C18H23NO2. The van der Waals surface area contributed by atoms with E-state index in [9.17, 15) is 0 Å². The summed E-state index contributed by atoms with van der Waals surface area (Å²) in [6.45, 7) is 7.53. The van der Waals surface area contributed by atoms with Crippen molar-refractivity contribution in [2.45, 2.75) is 27.3 Å². The molecule has 3 nitrogen and oxygen atoms in total. The second-order valence-corrected chi connectivity index (χ2v) is 5.05. The molecule has 0 aliphatic heterocycles. The number of hydrogen-bond acceptors (Lipinski definition) is 3. The quantitative estimate of drug-likeness (QED) is 0.857. The van der Waals surface area contributed by atoms with Gasteiger partial charge in [0, 0.05) is 17.8 Å². The van der Waals surface area contributed by atoms with Gasteiger partial charge in [-0.15, -0.1) is 0 Å². The van der Waals surface area contributed by atoms with Crippen molar-refractivity contribution in [3.8, 4) is 11.5 Å². The molecule has 21 heavy (non-hydrogen) atoms. The molecular weight excluding hydrogens is 262 g/mol. The van der Waals surface area contributed by atoms with Crippen LogP contribution in [0.4, 0.5) is 5.69 Å². The van der Waals surface area contributed by atoms with Gasteiger partial charge in [-0.05, 0) is 38.5 Å². The van der Waals surface area contributed by atoms with Gasteiger partial charge in [-0.2, -0.15) is 0 Å². The largest absolute Gasteiger partial charge is 0.493 e. The fourth-order valence-electron chi connectivity index (χ4n) is 2.37. The molecule has 0 atom stereocenters. The summed E-state index contributed by atoms with van der Waals surface area (Å²) in [7, 11) is 1.67. The van der Waals surface area contributed by atoms with Gasteiger partial charge in [-0.25, -0.2) is 0 Å². The minimum atomic E-state index is 0.622. The molecule has 0 aliphatic rings. The van der Waals surface area contributed by atoms with Crippen molar-refractivity contribution in [1.29, 1.82) is 0 Å². The number of rotatable bonds is 6. The van der Waals surface area contributed by atoms with Gasteiger partial charge in [0.1, 0.15) is 0 Å². The second kappa shape index (κ2) is 7.02. The Kier molecular flexibility index (Phi) is 5.09. The topological polar surface area (TPSA) is 30.5 Å². The van der Waals surface area contributed by atoms with E-state index in [1.807, 2.05) is 19.1 Å². The molecule has 2 aromatic carbocycles. The number of anilines is 1. The van der Waals surface area contributed by atoms with Crippen LogP contribution >= 0.6 is 0 Å². The van der Waals surface area contributed by atoms with Crippen LogP contribution < -0.4 is 14.8 Å². The van der Waals surface area contributed by atoms with E-state index in [2.05, 4.69) is 43.4 Å². The molecule has 0 spiro atoms. The summed E-state index contributed by atoms with van der Waals surface area (Å²) in [5, 5.41) is 3.47. The molecule has 3 heteroatoms. The molecule has 0 amide bonds. The molecule has 2 aromatic rings. The normalized spacial score (nSPS) is 10.3. The average molecular weight is 285 g/mol. The zero-order chi connectivity index (χ0) is 15.2. The number of aryl methyl sites for hydroxylation is 2.